The van der Waals surface area contributed by atoms with Gasteiger partial charge in [0.05, 0.1) is 10.9 Å². The lowest BCUT2D eigenvalue weighted by Gasteiger charge is -2.06. The van der Waals surface area contributed by atoms with Crippen LogP contribution in [-0.2, 0) is 0 Å². The second-order valence-electron chi connectivity index (χ2n) is 5.22. The first kappa shape index (κ1) is 15.0. The van der Waals surface area contributed by atoms with Crippen molar-refractivity contribution in [2.45, 2.75) is 6.92 Å². The Morgan fingerprint density at radius 1 is 1.08 bits per heavy atom. The first-order valence-corrected chi connectivity index (χ1v) is 8.41. The lowest BCUT2D eigenvalue weighted by molar-refractivity contribution is 0.863. The molecular weight excluding hydrogens is 344 g/mol. The standard InChI is InChI=1S/C17H11ClN4OS/c1-10-19-14-8-3-2-7-13(14)16(23)22(10)17-21-20-15(24-17)11-5-4-6-12(18)9-11/h2-9H,1H3. The largest absolute Gasteiger partial charge is 0.268 e. The summed E-state index contributed by atoms with van der Waals surface area (Å²) in [5.41, 5.74) is 1.40. The summed E-state index contributed by atoms with van der Waals surface area (Å²) < 4.78 is 1.49. The summed E-state index contributed by atoms with van der Waals surface area (Å²) in [5.74, 6) is 0.576. The molecule has 7 heteroatoms. The van der Waals surface area contributed by atoms with Gasteiger partial charge in [-0.05, 0) is 31.2 Å². The Morgan fingerprint density at radius 2 is 1.92 bits per heavy atom. The van der Waals surface area contributed by atoms with Gasteiger partial charge in [0.1, 0.15) is 10.8 Å². The summed E-state index contributed by atoms with van der Waals surface area (Å²) in [4.78, 5) is 17.3. The summed E-state index contributed by atoms with van der Waals surface area (Å²) in [6, 6.07) is 14.7. The van der Waals surface area contributed by atoms with E-state index in [1.165, 1.54) is 15.9 Å². The third-order valence-corrected chi connectivity index (χ3v) is 4.81. The van der Waals surface area contributed by atoms with Crippen LogP contribution in [0.2, 0.25) is 5.02 Å². The van der Waals surface area contributed by atoms with Gasteiger partial charge < -0.3 is 0 Å². The monoisotopic (exact) mass is 354 g/mol. The van der Waals surface area contributed by atoms with Crippen molar-refractivity contribution in [2.75, 3.05) is 0 Å². The molecule has 4 rings (SSSR count). The van der Waals surface area contributed by atoms with E-state index < -0.39 is 0 Å². The molecule has 0 bridgehead atoms. The second-order valence-corrected chi connectivity index (χ2v) is 6.61. The maximum atomic E-state index is 12.8. The molecular formula is C17H11ClN4OS. The number of hydrogen-bond acceptors (Lipinski definition) is 5. The minimum absolute atomic E-state index is 0.146. The van der Waals surface area contributed by atoms with E-state index >= 15 is 0 Å². The minimum atomic E-state index is -0.146. The Bertz CT molecular complexity index is 1120. The van der Waals surface area contributed by atoms with Crippen molar-refractivity contribution < 1.29 is 0 Å². The normalized spacial score (nSPS) is 11.1. The van der Waals surface area contributed by atoms with Crippen LogP contribution >= 0.6 is 22.9 Å². The molecule has 0 aliphatic rings. The number of rotatable bonds is 2. The van der Waals surface area contributed by atoms with Crippen molar-refractivity contribution in [1.29, 1.82) is 0 Å². The lowest BCUT2D eigenvalue weighted by atomic mass is 10.2. The van der Waals surface area contributed by atoms with Crippen molar-refractivity contribution in [3.05, 3.63) is 69.7 Å². The zero-order chi connectivity index (χ0) is 16.7. The van der Waals surface area contributed by atoms with Gasteiger partial charge in [0.25, 0.3) is 5.56 Å². The first-order valence-electron chi connectivity index (χ1n) is 7.22. The molecule has 0 aliphatic heterocycles. The minimum Gasteiger partial charge on any atom is -0.268 e. The Hall–Kier alpha value is -2.57. The van der Waals surface area contributed by atoms with Crippen LogP contribution in [0.25, 0.3) is 26.6 Å². The van der Waals surface area contributed by atoms with Gasteiger partial charge in [-0.2, -0.15) is 0 Å². The van der Waals surface area contributed by atoms with E-state index in [9.17, 15) is 4.79 Å². The van der Waals surface area contributed by atoms with Gasteiger partial charge in [-0.3, -0.25) is 4.79 Å². The number of benzene rings is 2. The number of aryl methyl sites for hydroxylation is 1. The SMILES string of the molecule is Cc1nc2ccccc2c(=O)n1-c1nnc(-c2cccc(Cl)c2)s1. The van der Waals surface area contributed by atoms with E-state index in [2.05, 4.69) is 15.2 Å². The Morgan fingerprint density at radius 3 is 2.75 bits per heavy atom. The fourth-order valence-electron chi connectivity index (χ4n) is 2.51. The third-order valence-electron chi connectivity index (χ3n) is 3.62. The zero-order valence-corrected chi connectivity index (χ0v) is 14.2. The molecule has 0 atom stereocenters. The van der Waals surface area contributed by atoms with Crippen LogP contribution in [-0.4, -0.2) is 19.7 Å². The van der Waals surface area contributed by atoms with Crippen LogP contribution in [0.4, 0.5) is 0 Å². The molecule has 0 spiro atoms. The maximum absolute atomic E-state index is 12.8. The Labute approximate surface area is 146 Å². The van der Waals surface area contributed by atoms with Gasteiger partial charge in [0.15, 0.2) is 0 Å². The van der Waals surface area contributed by atoms with Gasteiger partial charge in [0.2, 0.25) is 5.13 Å². The highest BCUT2D eigenvalue weighted by Crippen LogP contribution is 2.27. The number of fused-ring (bicyclic) bond motifs is 1. The van der Waals surface area contributed by atoms with E-state index in [1.807, 2.05) is 36.4 Å². The first-order chi connectivity index (χ1) is 11.6. The quantitative estimate of drug-likeness (QED) is 0.548. The van der Waals surface area contributed by atoms with Crippen LogP contribution in [0.15, 0.2) is 53.3 Å². The topological polar surface area (TPSA) is 60.7 Å². The maximum Gasteiger partial charge on any atom is 0.267 e. The van der Waals surface area contributed by atoms with Crippen LogP contribution in [0, 0.1) is 6.92 Å². The molecule has 0 saturated carbocycles. The molecule has 0 amide bonds. The van der Waals surface area contributed by atoms with Crippen molar-refractivity contribution >= 4 is 33.8 Å². The molecule has 5 nitrogen and oxygen atoms in total. The molecule has 24 heavy (non-hydrogen) atoms. The number of aromatic nitrogens is 4. The van der Waals surface area contributed by atoms with Gasteiger partial charge >= 0.3 is 0 Å². The Kier molecular flexibility index (Phi) is 3.63. The molecule has 0 unspecified atom stereocenters. The molecule has 118 valence electrons. The zero-order valence-electron chi connectivity index (χ0n) is 12.6. The van der Waals surface area contributed by atoms with Gasteiger partial charge in [-0.1, -0.05) is 47.2 Å². The van der Waals surface area contributed by atoms with Crippen LogP contribution < -0.4 is 5.56 Å². The van der Waals surface area contributed by atoms with E-state index in [0.29, 0.717) is 31.9 Å². The molecule has 2 aromatic carbocycles. The summed E-state index contributed by atoms with van der Waals surface area (Å²) in [7, 11) is 0. The van der Waals surface area contributed by atoms with E-state index in [-0.39, 0.29) is 5.56 Å². The van der Waals surface area contributed by atoms with E-state index in [1.54, 1.807) is 19.1 Å². The number of hydrogen-bond donors (Lipinski definition) is 0. The van der Waals surface area contributed by atoms with Crippen LogP contribution in [0.1, 0.15) is 5.82 Å². The predicted octanol–water partition coefficient (Wildman–Crippen LogP) is 3.87. The average molecular weight is 355 g/mol. The highest BCUT2D eigenvalue weighted by Gasteiger charge is 2.14. The molecule has 0 aliphatic carbocycles. The summed E-state index contributed by atoms with van der Waals surface area (Å²) >= 11 is 7.35. The van der Waals surface area contributed by atoms with Crippen molar-refractivity contribution in [2.24, 2.45) is 0 Å². The van der Waals surface area contributed by atoms with Gasteiger partial charge in [0, 0.05) is 10.6 Å². The molecule has 0 saturated heterocycles. The van der Waals surface area contributed by atoms with E-state index in [4.69, 9.17) is 11.6 Å². The molecule has 0 N–H and O–H groups in total. The van der Waals surface area contributed by atoms with Crippen LogP contribution in [0.3, 0.4) is 0 Å². The highest BCUT2D eigenvalue weighted by atomic mass is 35.5. The molecule has 4 aromatic rings. The lowest BCUT2D eigenvalue weighted by Crippen LogP contribution is -2.22. The summed E-state index contributed by atoms with van der Waals surface area (Å²) in [6.07, 6.45) is 0. The Balaban J connectivity index is 1.89. The number of halogens is 1. The molecule has 2 aromatic heterocycles. The third kappa shape index (κ3) is 2.50. The van der Waals surface area contributed by atoms with Gasteiger partial charge in [-0.25, -0.2) is 9.55 Å². The van der Waals surface area contributed by atoms with Crippen molar-refractivity contribution in [3.63, 3.8) is 0 Å². The molecule has 2 heterocycles. The molecule has 0 fully saturated rings. The summed E-state index contributed by atoms with van der Waals surface area (Å²) in [5, 5.41) is 10.7. The number of para-hydroxylation sites is 1. The average Bonchev–Trinajstić information content (AvgIpc) is 3.04. The smallest absolute Gasteiger partial charge is 0.267 e. The predicted molar refractivity (Wildman–Crippen MR) is 96.0 cm³/mol. The highest BCUT2D eigenvalue weighted by molar-refractivity contribution is 7.17. The second kappa shape index (κ2) is 5.81. The van der Waals surface area contributed by atoms with E-state index in [0.717, 1.165) is 5.56 Å². The molecule has 0 radical (unpaired) electrons. The van der Waals surface area contributed by atoms with Gasteiger partial charge in [-0.15, -0.1) is 10.2 Å². The summed E-state index contributed by atoms with van der Waals surface area (Å²) in [6.45, 7) is 1.79. The van der Waals surface area contributed by atoms with Crippen molar-refractivity contribution in [1.82, 2.24) is 19.7 Å². The van der Waals surface area contributed by atoms with Crippen LogP contribution in [0.5, 0.6) is 0 Å². The van der Waals surface area contributed by atoms with Crippen molar-refractivity contribution in [3.8, 4) is 15.7 Å². The fraction of sp³-hybridized carbons (Fsp3) is 0.0588. The number of nitrogens with zero attached hydrogens (tertiary/aromatic N) is 4. The fourth-order valence-corrected chi connectivity index (χ4v) is 3.59.